The standard InChI is InChI=1S/C22H28N4O3/c1-14-3-5-20(15(2)25-14)29-21-10-17-13-26(12-16(17)9-19(21)27)22(28)6-4-18-11-23-7-8-24-18/h3,5,7-8,11,16-17,19,21,27H,4,6,9-10,12-13H2,1-2H3/t16-,17+,19+,21+/m0/s1. The summed E-state index contributed by atoms with van der Waals surface area (Å²) in [6.45, 7) is 5.33. The molecule has 1 aliphatic carbocycles. The highest BCUT2D eigenvalue weighted by atomic mass is 16.5. The number of amides is 1. The van der Waals surface area contributed by atoms with Crippen LogP contribution >= 0.6 is 0 Å². The van der Waals surface area contributed by atoms with Crippen LogP contribution in [0.1, 0.15) is 36.3 Å². The molecule has 0 bridgehead atoms. The van der Waals surface area contributed by atoms with E-state index in [9.17, 15) is 9.90 Å². The van der Waals surface area contributed by atoms with Crippen molar-refractivity contribution in [3.8, 4) is 5.75 Å². The lowest BCUT2D eigenvalue weighted by Crippen LogP contribution is -2.42. The van der Waals surface area contributed by atoms with Gasteiger partial charge in [-0.2, -0.15) is 0 Å². The van der Waals surface area contributed by atoms with Crippen molar-refractivity contribution >= 4 is 5.91 Å². The minimum Gasteiger partial charge on any atom is -0.486 e. The van der Waals surface area contributed by atoms with E-state index < -0.39 is 6.10 Å². The maximum absolute atomic E-state index is 12.7. The lowest BCUT2D eigenvalue weighted by molar-refractivity contribution is -0.130. The third-order valence-corrected chi connectivity index (χ3v) is 6.10. The molecule has 7 nitrogen and oxygen atoms in total. The van der Waals surface area contributed by atoms with E-state index in [0.717, 1.165) is 42.3 Å². The largest absolute Gasteiger partial charge is 0.486 e. The maximum atomic E-state index is 12.7. The summed E-state index contributed by atoms with van der Waals surface area (Å²) in [6, 6.07) is 3.85. The number of ether oxygens (including phenoxy) is 1. The normalized spacial score (nSPS) is 26.2. The molecule has 29 heavy (non-hydrogen) atoms. The van der Waals surface area contributed by atoms with Gasteiger partial charge in [-0.25, -0.2) is 0 Å². The predicted octanol–water partition coefficient (Wildman–Crippen LogP) is 2.10. The van der Waals surface area contributed by atoms with E-state index >= 15 is 0 Å². The molecular formula is C22H28N4O3. The average Bonchev–Trinajstić information content (AvgIpc) is 3.12. The van der Waals surface area contributed by atoms with Crippen molar-refractivity contribution in [2.75, 3.05) is 13.1 Å². The molecular weight excluding hydrogens is 368 g/mol. The van der Waals surface area contributed by atoms with Crippen LogP contribution in [0.25, 0.3) is 0 Å². The first-order valence-corrected chi connectivity index (χ1v) is 10.3. The topological polar surface area (TPSA) is 88.4 Å². The Hall–Kier alpha value is -2.54. The maximum Gasteiger partial charge on any atom is 0.222 e. The van der Waals surface area contributed by atoms with Gasteiger partial charge in [-0.1, -0.05) is 0 Å². The number of hydrogen-bond acceptors (Lipinski definition) is 6. The zero-order chi connectivity index (χ0) is 20.4. The van der Waals surface area contributed by atoms with Crippen LogP contribution in [0.5, 0.6) is 5.75 Å². The number of likely N-dealkylation sites (tertiary alicyclic amines) is 1. The summed E-state index contributed by atoms with van der Waals surface area (Å²) in [5.74, 6) is 1.58. The van der Waals surface area contributed by atoms with Crippen molar-refractivity contribution in [2.45, 2.75) is 51.7 Å². The summed E-state index contributed by atoms with van der Waals surface area (Å²) < 4.78 is 6.13. The number of pyridine rings is 1. The molecule has 4 atom stereocenters. The number of aliphatic hydroxyl groups is 1. The van der Waals surface area contributed by atoms with E-state index in [4.69, 9.17) is 4.74 Å². The molecule has 0 aromatic carbocycles. The molecule has 0 unspecified atom stereocenters. The number of aryl methyl sites for hydroxylation is 3. The smallest absolute Gasteiger partial charge is 0.222 e. The number of carbonyl (C=O) groups is 1. The van der Waals surface area contributed by atoms with Crippen molar-refractivity contribution in [2.24, 2.45) is 11.8 Å². The van der Waals surface area contributed by atoms with E-state index in [2.05, 4.69) is 15.0 Å². The van der Waals surface area contributed by atoms with E-state index in [0.29, 0.717) is 31.1 Å². The van der Waals surface area contributed by atoms with E-state index in [-0.39, 0.29) is 12.0 Å². The van der Waals surface area contributed by atoms with Crippen LogP contribution in [0.2, 0.25) is 0 Å². The van der Waals surface area contributed by atoms with Gasteiger partial charge in [-0.15, -0.1) is 0 Å². The third-order valence-electron chi connectivity index (χ3n) is 6.10. The average molecular weight is 396 g/mol. The summed E-state index contributed by atoms with van der Waals surface area (Å²) in [5, 5.41) is 10.6. The van der Waals surface area contributed by atoms with Gasteiger partial charge < -0.3 is 14.7 Å². The summed E-state index contributed by atoms with van der Waals surface area (Å²) in [6.07, 6.45) is 6.68. The molecule has 0 spiro atoms. The van der Waals surface area contributed by atoms with Gasteiger partial charge in [-0.3, -0.25) is 19.7 Å². The van der Waals surface area contributed by atoms with E-state index in [1.807, 2.05) is 30.9 Å². The molecule has 154 valence electrons. The van der Waals surface area contributed by atoms with Gasteiger partial charge >= 0.3 is 0 Å². The van der Waals surface area contributed by atoms with Crippen LogP contribution in [0.3, 0.4) is 0 Å². The molecule has 7 heteroatoms. The minimum atomic E-state index is -0.522. The SMILES string of the molecule is Cc1ccc(O[C@@H]2C[C@@H]3CN(C(=O)CCc4cnccn4)C[C@@H]3C[C@H]2O)c(C)n1. The predicted molar refractivity (Wildman–Crippen MR) is 107 cm³/mol. The molecule has 3 heterocycles. The summed E-state index contributed by atoms with van der Waals surface area (Å²) in [7, 11) is 0. The molecule has 2 fully saturated rings. The van der Waals surface area contributed by atoms with Crippen molar-refractivity contribution in [3.05, 3.63) is 47.8 Å². The molecule has 1 aliphatic heterocycles. The second-order valence-electron chi connectivity index (χ2n) is 8.25. The first kappa shape index (κ1) is 19.8. The van der Waals surface area contributed by atoms with Gasteiger partial charge in [-0.05, 0) is 57.1 Å². The number of aromatic nitrogens is 3. The summed E-state index contributed by atoms with van der Waals surface area (Å²) in [5.41, 5.74) is 2.63. The first-order valence-electron chi connectivity index (χ1n) is 10.3. The van der Waals surface area contributed by atoms with Crippen molar-refractivity contribution in [3.63, 3.8) is 0 Å². The van der Waals surface area contributed by atoms with E-state index in [1.165, 1.54) is 0 Å². The van der Waals surface area contributed by atoms with Gasteiger partial charge in [0.1, 0.15) is 11.9 Å². The number of fused-ring (bicyclic) bond motifs is 1. The van der Waals surface area contributed by atoms with Crippen LogP contribution in [-0.2, 0) is 11.2 Å². The Balaban J connectivity index is 1.34. The summed E-state index contributed by atoms with van der Waals surface area (Å²) in [4.78, 5) is 27.3. The van der Waals surface area contributed by atoms with Crippen LogP contribution in [0, 0.1) is 25.7 Å². The van der Waals surface area contributed by atoms with Gasteiger partial charge in [0.25, 0.3) is 0 Å². The van der Waals surface area contributed by atoms with E-state index in [1.54, 1.807) is 18.6 Å². The zero-order valence-electron chi connectivity index (χ0n) is 17.0. The van der Waals surface area contributed by atoms with Crippen molar-refractivity contribution in [1.82, 2.24) is 19.9 Å². The monoisotopic (exact) mass is 396 g/mol. The number of carbonyl (C=O) groups excluding carboxylic acids is 1. The molecule has 0 radical (unpaired) electrons. The fraction of sp³-hybridized carbons (Fsp3) is 0.545. The number of nitrogens with zero attached hydrogens (tertiary/aromatic N) is 4. The Kier molecular flexibility index (Phi) is 5.76. The fourth-order valence-electron chi connectivity index (χ4n) is 4.53. The Bertz CT molecular complexity index is 860. The Morgan fingerprint density at radius 1 is 1.21 bits per heavy atom. The Morgan fingerprint density at radius 2 is 2.00 bits per heavy atom. The first-order chi connectivity index (χ1) is 14.0. The van der Waals surface area contributed by atoms with Gasteiger partial charge in [0, 0.05) is 43.8 Å². The highest BCUT2D eigenvalue weighted by molar-refractivity contribution is 5.76. The quantitative estimate of drug-likeness (QED) is 0.833. The highest BCUT2D eigenvalue weighted by Gasteiger charge is 2.43. The van der Waals surface area contributed by atoms with Crippen LogP contribution < -0.4 is 4.74 Å². The van der Waals surface area contributed by atoms with Crippen LogP contribution in [0.15, 0.2) is 30.7 Å². The van der Waals surface area contributed by atoms with Crippen LogP contribution in [0.4, 0.5) is 0 Å². The lowest BCUT2D eigenvalue weighted by Gasteiger charge is -2.35. The van der Waals surface area contributed by atoms with Gasteiger partial charge in [0.15, 0.2) is 0 Å². The van der Waals surface area contributed by atoms with Gasteiger partial charge in [0.05, 0.1) is 17.5 Å². The van der Waals surface area contributed by atoms with Gasteiger partial charge in [0.2, 0.25) is 5.91 Å². The van der Waals surface area contributed by atoms with Crippen molar-refractivity contribution < 1.29 is 14.6 Å². The second-order valence-corrected chi connectivity index (χ2v) is 8.25. The third kappa shape index (κ3) is 4.56. The molecule has 1 N–H and O–H groups in total. The van der Waals surface area contributed by atoms with Crippen LogP contribution in [-0.4, -0.2) is 56.2 Å². The molecule has 4 rings (SSSR count). The lowest BCUT2D eigenvalue weighted by atomic mass is 9.78. The Labute approximate surface area is 171 Å². The summed E-state index contributed by atoms with van der Waals surface area (Å²) >= 11 is 0. The van der Waals surface area contributed by atoms with Crippen molar-refractivity contribution in [1.29, 1.82) is 0 Å². The number of rotatable bonds is 5. The number of hydrogen-bond donors (Lipinski definition) is 1. The fourth-order valence-corrected chi connectivity index (χ4v) is 4.53. The molecule has 2 aromatic rings. The molecule has 1 saturated carbocycles. The second kappa shape index (κ2) is 8.45. The number of aliphatic hydroxyl groups excluding tert-OH is 1. The molecule has 2 aromatic heterocycles. The Morgan fingerprint density at radius 3 is 2.72 bits per heavy atom. The highest BCUT2D eigenvalue weighted by Crippen LogP contribution is 2.38. The molecule has 1 saturated heterocycles. The molecule has 1 amide bonds. The zero-order valence-corrected chi connectivity index (χ0v) is 17.0. The molecule has 2 aliphatic rings. The minimum absolute atomic E-state index is 0.149.